The van der Waals surface area contributed by atoms with Crippen LogP contribution in [0.2, 0.25) is 0 Å². The molecular weight excluding hydrogens is 178 g/mol. The van der Waals surface area contributed by atoms with E-state index in [2.05, 4.69) is 19.2 Å². The summed E-state index contributed by atoms with van der Waals surface area (Å²) in [5.41, 5.74) is 0.118. The van der Waals surface area contributed by atoms with Crippen molar-refractivity contribution in [2.24, 2.45) is 0 Å². The fraction of sp³-hybridized carbons (Fsp3) is 1.00. The third kappa shape index (κ3) is 1.95. The second-order valence-electron chi connectivity index (χ2n) is 4.66. The van der Waals surface area contributed by atoms with Crippen LogP contribution in [0.25, 0.3) is 0 Å². The quantitative estimate of drug-likeness (QED) is 0.743. The van der Waals surface area contributed by atoms with Crippen LogP contribution in [-0.4, -0.2) is 37.5 Å². The summed E-state index contributed by atoms with van der Waals surface area (Å²) in [5, 5.41) is 3.52. The van der Waals surface area contributed by atoms with E-state index in [9.17, 15) is 0 Å². The van der Waals surface area contributed by atoms with Gasteiger partial charge in [0.1, 0.15) is 0 Å². The molecule has 1 unspecified atom stereocenters. The van der Waals surface area contributed by atoms with Crippen molar-refractivity contribution in [3.05, 3.63) is 0 Å². The number of hydrogen-bond acceptors (Lipinski definition) is 3. The average Bonchev–Trinajstić information content (AvgIpc) is 2.12. The molecular formula is C11H21NO2. The maximum Gasteiger partial charge on any atom is 0.0857 e. The summed E-state index contributed by atoms with van der Waals surface area (Å²) in [6.45, 7) is 6.78. The lowest BCUT2D eigenvalue weighted by molar-refractivity contribution is -0.159. The van der Waals surface area contributed by atoms with Crippen LogP contribution in [0.5, 0.6) is 0 Å². The van der Waals surface area contributed by atoms with Gasteiger partial charge in [0.2, 0.25) is 0 Å². The molecule has 0 bridgehead atoms. The van der Waals surface area contributed by atoms with Crippen molar-refractivity contribution >= 4 is 0 Å². The van der Waals surface area contributed by atoms with E-state index in [1.54, 1.807) is 0 Å². The van der Waals surface area contributed by atoms with E-state index in [1.807, 2.05) is 0 Å². The van der Waals surface area contributed by atoms with E-state index in [1.165, 1.54) is 19.3 Å². The summed E-state index contributed by atoms with van der Waals surface area (Å²) < 4.78 is 11.6. The molecule has 3 heteroatoms. The van der Waals surface area contributed by atoms with Crippen molar-refractivity contribution in [3.63, 3.8) is 0 Å². The maximum atomic E-state index is 5.90. The lowest BCUT2D eigenvalue weighted by atomic mass is 9.74. The smallest absolute Gasteiger partial charge is 0.0857 e. The number of nitrogens with one attached hydrogen (secondary N) is 1. The third-order valence-corrected chi connectivity index (χ3v) is 3.31. The normalized spacial score (nSPS) is 30.6. The van der Waals surface area contributed by atoms with Crippen molar-refractivity contribution in [2.75, 3.05) is 19.8 Å². The van der Waals surface area contributed by atoms with E-state index >= 15 is 0 Å². The van der Waals surface area contributed by atoms with Crippen molar-refractivity contribution < 1.29 is 9.47 Å². The molecule has 0 aromatic heterocycles. The molecule has 1 spiro atoms. The molecule has 1 aliphatic carbocycles. The van der Waals surface area contributed by atoms with Gasteiger partial charge in [0.15, 0.2) is 0 Å². The first-order valence-electron chi connectivity index (χ1n) is 5.72. The molecule has 1 saturated carbocycles. The van der Waals surface area contributed by atoms with Crippen LogP contribution in [0.1, 0.15) is 33.1 Å². The third-order valence-electron chi connectivity index (χ3n) is 3.31. The van der Waals surface area contributed by atoms with E-state index in [0.29, 0.717) is 12.1 Å². The molecule has 1 N–H and O–H groups in total. The van der Waals surface area contributed by atoms with Gasteiger partial charge in [0, 0.05) is 6.54 Å². The second-order valence-corrected chi connectivity index (χ2v) is 4.66. The lowest BCUT2D eigenvalue weighted by Crippen LogP contribution is -2.63. The van der Waals surface area contributed by atoms with Crippen molar-refractivity contribution in [2.45, 2.75) is 50.9 Å². The zero-order valence-electron chi connectivity index (χ0n) is 9.21. The van der Waals surface area contributed by atoms with Crippen LogP contribution in [-0.2, 0) is 9.47 Å². The number of ether oxygens (including phenoxy) is 2. The highest BCUT2D eigenvalue weighted by Gasteiger charge is 2.46. The zero-order valence-corrected chi connectivity index (χ0v) is 9.21. The van der Waals surface area contributed by atoms with Crippen LogP contribution in [0.3, 0.4) is 0 Å². The van der Waals surface area contributed by atoms with Crippen LogP contribution in [0.4, 0.5) is 0 Å². The lowest BCUT2D eigenvalue weighted by Gasteiger charge is -2.50. The van der Waals surface area contributed by atoms with E-state index in [-0.39, 0.29) is 5.60 Å². The van der Waals surface area contributed by atoms with Gasteiger partial charge in [-0.3, -0.25) is 0 Å². The van der Waals surface area contributed by atoms with Gasteiger partial charge in [-0.15, -0.1) is 0 Å². The molecule has 0 aromatic carbocycles. The summed E-state index contributed by atoms with van der Waals surface area (Å²) in [6.07, 6.45) is 4.02. The molecule has 1 heterocycles. The Balaban J connectivity index is 1.87. The van der Waals surface area contributed by atoms with Crippen LogP contribution >= 0.6 is 0 Å². The Bertz CT molecular complexity index is 190. The SMILES string of the molecule is CC(C)OCC1NCCOC12CCC2. The minimum Gasteiger partial charge on any atom is -0.377 e. The van der Waals surface area contributed by atoms with Crippen molar-refractivity contribution in [1.29, 1.82) is 0 Å². The Morgan fingerprint density at radius 1 is 1.50 bits per heavy atom. The number of morpholine rings is 1. The Kier molecular flexibility index (Phi) is 3.10. The largest absolute Gasteiger partial charge is 0.377 e. The van der Waals surface area contributed by atoms with E-state index in [4.69, 9.17) is 9.47 Å². The molecule has 1 atom stereocenters. The summed E-state index contributed by atoms with van der Waals surface area (Å²) in [7, 11) is 0. The van der Waals surface area contributed by atoms with Gasteiger partial charge < -0.3 is 14.8 Å². The first kappa shape index (κ1) is 10.4. The molecule has 2 fully saturated rings. The fourth-order valence-electron chi connectivity index (χ4n) is 2.29. The first-order chi connectivity index (χ1) is 6.73. The summed E-state index contributed by atoms with van der Waals surface area (Å²) in [6, 6.07) is 0.410. The molecule has 2 aliphatic rings. The predicted octanol–water partition coefficient (Wildman–Crippen LogP) is 1.32. The molecule has 0 aromatic rings. The summed E-state index contributed by atoms with van der Waals surface area (Å²) in [5.74, 6) is 0. The molecule has 0 amide bonds. The van der Waals surface area contributed by atoms with E-state index < -0.39 is 0 Å². The van der Waals surface area contributed by atoms with Gasteiger partial charge in [-0.25, -0.2) is 0 Å². The summed E-state index contributed by atoms with van der Waals surface area (Å²) >= 11 is 0. The topological polar surface area (TPSA) is 30.5 Å². The van der Waals surface area contributed by atoms with Gasteiger partial charge in [-0.2, -0.15) is 0 Å². The summed E-state index contributed by atoms with van der Waals surface area (Å²) in [4.78, 5) is 0. The highest BCUT2D eigenvalue weighted by Crippen LogP contribution is 2.40. The Morgan fingerprint density at radius 2 is 2.29 bits per heavy atom. The van der Waals surface area contributed by atoms with E-state index in [0.717, 1.165) is 19.8 Å². The molecule has 14 heavy (non-hydrogen) atoms. The zero-order chi connectivity index (χ0) is 10.0. The molecule has 1 aliphatic heterocycles. The fourth-order valence-corrected chi connectivity index (χ4v) is 2.29. The van der Waals surface area contributed by atoms with Crippen LogP contribution in [0.15, 0.2) is 0 Å². The Labute approximate surface area is 86.2 Å². The molecule has 0 radical (unpaired) electrons. The molecule has 82 valence electrons. The van der Waals surface area contributed by atoms with Gasteiger partial charge in [-0.05, 0) is 33.1 Å². The van der Waals surface area contributed by atoms with Crippen molar-refractivity contribution in [3.8, 4) is 0 Å². The predicted molar refractivity (Wildman–Crippen MR) is 55.4 cm³/mol. The number of hydrogen-bond donors (Lipinski definition) is 1. The van der Waals surface area contributed by atoms with Gasteiger partial charge in [-0.1, -0.05) is 0 Å². The Hall–Kier alpha value is -0.120. The van der Waals surface area contributed by atoms with Crippen LogP contribution in [0, 0.1) is 0 Å². The molecule has 1 saturated heterocycles. The highest BCUT2D eigenvalue weighted by atomic mass is 16.5. The molecule has 2 rings (SSSR count). The monoisotopic (exact) mass is 199 g/mol. The van der Waals surface area contributed by atoms with Gasteiger partial charge in [0.25, 0.3) is 0 Å². The maximum absolute atomic E-state index is 5.90. The average molecular weight is 199 g/mol. The number of rotatable bonds is 3. The van der Waals surface area contributed by atoms with Crippen molar-refractivity contribution in [1.82, 2.24) is 5.32 Å². The highest BCUT2D eigenvalue weighted by molar-refractivity contribution is 5.01. The van der Waals surface area contributed by atoms with Crippen LogP contribution < -0.4 is 5.32 Å². The van der Waals surface area contributed by atoms with Gasteiger partial charge in [0.05, 0.1) is 31.0 Å². The second kappa shape index (κ2) is 4.17. The molecule has 3 nitrogen and oxygen atoms in total. The van der Waals surface area contributed by atoms with Gasteiger partial charge >= 0.3 is 0 Å². The minimum atomic E-state index is 0.118. The Morgan fingerprint density at radius 3 is 2.86 bits per heavy atom. The standard InChI is InChI=1S/C11H21NO2/c1-9(2)13-8-10-11(4-3-5-11)14-7-6-12-10/h9-10,12H,3-8H2,1-2H3. The minimum absolute atomic E-state index is 0.118. The first-order valence-corrected chi connectivity index (χ1v) is 5.72.